The molecule has 0 aliphatic rings. The second kappa shape index (κ2) is 3.04. The Hall–Kier alpha value is -1.02. The van der Waals surface area contributed by atoms with Gasteiger partial charge in [-0.2, -0.15) is 0 Å². The van der Waals surface area contributed by atoms with E-state index in [-0.39, 0.29) is 0 Å². The molecule has 0 radical (unpaired) electrons. The van der Waals surface area contributed by atoms with Gasteiger partial charge in [0.15, 0.2) is 5.65 Å². The summed E-state index contributed by atoms with van der Waals surface area (Å²) in [6.45, 7) is 4.20. The Morgan fingerprint density at radius 3 is 2.77 bits per heavy atom. The molecule has 5 heteroatoms. The van der Waals surface area contributed by atoms with Gasteiger partial charge < -0.3 is 0 Å². The summed E-state index contributed by atoms with van der Waals surface area (Å²) < 4.78 is 1.82. The third-order valence-electron chi connectivity index (χ3n) is 1.93. The number of fused-ring (bicyclic) bond motifs is 1. The molecule has 1 unspecified atom stereocenters. The van der Waals surface area contributed by atoms with Crippen molar-refractivity contribution in [3.63, 3.8) is 0 Å². The maximum atomic E-state index is 4.26. The lowest BCUT2D eigenvalue weighted by molar-refractivity contribution is 0.825. The first-order chi connectivity index (χ1) is 6.20. The first-order valence-electron chi connectivity index (χ1n) is 4.13. The highest BCUT2D eigenvalue weighted by Crippen LogP contribution is 2.20. The van der Waals surface area contributed by atoms with Crippen LogP contribution in [0.4, 0.5) is 0 Å². The zero-order valence-electron chi connectivity index (χ0n) is 7.60. The van der Waals surface area contributed by atoms with E-state index in [0.29, 0.717) is 5.92 Å². The molecule has 68 valence electrons. The number of hydrogen-bond donors (Lipinski definition) is 0. The summed E-state index contributed by atoms with van der Waals surface area (Å²) in [4.78, 5) is 12.6. The molecule has 2 aromatic rings. The molecule has 2 rings (SSSR count). The predicted octanol–water partition coefficient (Wildman–Crippen LogP) is 1.59. The molecule has 13 heavy (non-hydrogen) atoms. The summed E-state index contributed by atoms with van der Waals surface area (Å²) in [7, 11) is 2.55. The van der Waals surface area contributed by atoms with Crippen LogP contribution in [-0.4, -0.2) is 19.3 Å². The van der Waals surface area contributed by atoms with E-state index < -0.39 is 0 Å². The first kappa shape index (κ1) is 8.57. The highest BCUT2D eigenvalue weighted by atomic mass is 31.0. The lowest BCUT2D eigenvalue weighted by Gasteiger charge is -2.03. The SMILES string of the molecule is CC(C)c1ncnc2c1ncn2P. The molecule has 0 fully saturated rings. The Labute approximate surface area is 78.7 Å². The number of imidazole rings is 1. The van der Waals surface area contributed by atoms with E-state index in [1.165, 1.54) is 0 Å². The minimum Gasteiger partial charge on any atom is -0.299 e. The van der Waals surface area contributed by atoms with Crippen LogP contribution in [0.3, 0.4) is 0 Å². The summed E-state index contributed by atoms with van der Waals surface area (Å²) in [5, 5.41) is 0. The summed E-state index contributed by atoms with van der Waals surface area (Å²) in [6, 6.07) is 0. The van der Waals surface area contributed by atoms with Crippen molar-refractivity contribution in [3.8, 4) is 0 Å². The van der Waals surface area contributed by atoms with Crippen LogP contribution in [-0.2, 0) is 0 Å². The molecule has 0 amide bonds. The molecule has 4 nitrogen and oxygen atoms in total. The van der Waals surface area contributed by atoms with Crippen molar-refractivity contribution in [1.29, 1.82) is 0 Å². The zero-order chi connectivity index (χ0) is 9.42. The molecule has 2 heterocycles. The van der Waals surface area contributed by atoms with E-state index in [1.807, 2.05) is 4.34 Å². The number of aromatic nitrogens is 4. The molecule has 0 aliphatic carbocycles. The fourth-order valence-corrected chi connectivity index (χ4v) is 1.55. The van der Waals surface area contributed by atoms with Crippen LogP contribution in [0.15, 0.2) is 12.7 Å². The van der Waals surface area contributed by atoms with Crippen molar-refractivity contribution >= 4 is 20.6 Å². The Balaban J connectivity index is 2.77. The van der Waals surface area contributed by atoms with Gasteiger partial charge in [-0.05, 0) is 15.3 Å². The van der Waals surface area contributed by atoms with Crippen LogP contribution in [0, 0.1) is 0 Å². The molecule has 0 aliphatic heterocycles. The maximum Gasteiger partial charge on any atom is 0.166 e. The lowest BCUT2D eigenvalue weighted by Crippen LogP contribution is -1.95. The largest absolute Gasteiger partial charge is 0.299 e. The third kappa shape index (κ3) is 1.31. The van der Waals surface area contributed by atoms with Crippen molar-refractivity contribution in [3.05, 3.63) is 18.3 Å². The molecule has 0 spiro atoms. The zero-order valence-corrected chi connectivity index (χ0v) is 8.75. The highest BCUT2D eigenvalue weighted by molar-refractivity contribution is 7.14. The Morgan fingerprint density at radius 2 is 2.08 bits per heavy atom. The van der Waals surface area contributed by atoms with E-state index in [1.54, 1.807) is 12.7 Å². The Morgan fingerprint density at radius 1 is 1.31 bits per heavy atom. The standard InChI is InChI=1S/C8H11N4P/c1-5(2)6-7-8(10-3-9-6)12(13)4-11-7/h3-5H,13H2,1-2H3. The van der Waals surface area contributed by atoms with Gasteiger partial charge in [0.1, 0.15) is 18.2 Å². The summed E-state index contributed by atoms with van der Waals surface area (Å²) in [5.74, 6) is 0.380. The van der Waals surface area contributed by atoms with Gasteiger partial charge in [0, 0.05) is 0 Å². The van der Waals surface area contributed by atoms with E-state index in [0.717, 1.165) is 16.9 Å². The van der Waals surface area contributed by atoms with Crippen LogP contribution >= 0.6 is 9.39 Å². The highest BCUT2D eigenvalue weighted by Gasteiger charge is 2.10. The van der Waals surface area contributed by atoms with Crippen molar-refractivity contribution in [2.24, 2.45) is 0 Å². The number of nitrogens with zero attached hydrogens (tertiary/aromatic N) is 4. The average Bonchev–Trinajstić information content (AvgIpc) is 2.48. The molecule has 2 aromatic heterocycles. The molecule has 1 atom stereocenters. The van der Waals surface area contributed by atoms with Crippen molar-refractivity contribution in [2.75, 3.05) is 0 Å². The second-order valence-electron chi connectivity index (χ2n) is 3.24. The van der Waals surface area contributed by atoms with Gasteiger partial charge in [-0.25, -0.2) is 15.0 Å². The van der Waals surface area contributed by atoms with Crippen LogP contribution in [0.5, 0.6) is 0 Å². The van der Waals surface area contributed by atoms with Crippen molar-refractivity contribution in [1.82, 2.24) is 19.3 Å². The smallest absolute Gasteiger partial charge is 0.166 e. The minimum atomic E-state index is 0.380. The first-order valence-corrected chi connectivity index (χ1v) is 4.65. The fraction of sp³-hybridized carbons (Fsp3) is 0.375. The van der Waals surface area contributed by atoms with Gasteiger partial charge in [-0.3, -0.25) is 4.34 Å². The minimum absolute atomic E-state index is 0.380. The average molecular weight is 194 g/mol. The van der Waals surface area contributed by atoms with E-state index in [9.17, 15) is 0 Å². The molecule has 0 N–H and O–H groups in total. The van der Waals surface area contributed by atoms with Gasteiger partial charge >= 0.3 is 0 Å². The molecule has 0 saturated carbocycles. The van der Waals surface area contributed by atoms with Crippen LogP contribution < -0.4 is 0 Å². The molecule has 0 aromatic carbocycles. The van der Waals surface area contributed by atoms with Gasteiger partial charge in [-0.15, -0.1) is 0 Å². The monoisotopic (exact) mass is 194 g/mol. The van der Waals surface area contributed by atoms with Gasteiger partial charge in [0.05, 0.1) is 5.69 Å². The second-order valence-corrected chi connectivity index (χ2v) is 3.79. The van der Waals surface area contributed by atoms with E-state index >= 15 is 0 Å². The van der Waals surface area contributed by atoms with Crippen LogP contribution in [0.2, 0.25) is 0 Å². The van der Waals surface area contributed by atoms with E-state index in [2.05, 4.69) is 38.2 Å². The van der Waals surface area contributed by atoms with E-state index in [4.69, 9.17) is 0 Å². The third-order valence-corrected chi connectivity index (χ3v) is 2.31. The lowest BCUT2D eigenvalue weighted by atomic mass is 10.1. The number of rotatable bonds is 1. The van der Waals surface area contributed by atoms with Crippen LogP contribution in [0.1, 0.15) is 25.5 Å². The predicted molar refractivity (Wildman–Crippen MR) is 54.5 cm³/mol. The topological polar surface area (TPSA) is 43.6 Å². The quantitative estimate of drug-likeness (QED) is 0.647. The molecular weight excluding hydrogens is 183 g/mol. The van der Waals surface area contributed by atoms with Crippen LogP contribution in [0.25, 0.3) is 11.2 Å². The van der Waals surface area contributed by atoms with Crippen molar-refractivity contribution < 1.29 is 0 Å². The summed E-state index contributed by atoms with van der Waals surface area (Å²) >= 11 is 0. The van der Waals surface area contributed by atoms with Crippen molar-refractivity contribution in [2.45, 2.75) is 19.8 Å². The Bertz CT molecular complexity index is 435. The van der Waals surface area contributed by atoms with Gasteiger partial charge in [0.25, 0.3) is 0 Å². The molecule has 0 bridgehead atoms. The number of hydrogen-bond acceptors (Lipinski definition) is 3. The Kier molecular flexibility index (Phi) is 2.00. The molecule has 0 saturated heterocycles. The summed E-state index contributed by atoms with van der Waals surface area (Å²) in [6.07, 6.45) is 3.32. The van der Waals surface area contributed by atoms with Gasteiger partial charge in [0.2, 0.25) is 0 Å². The normalized spacial score (nSPS) is 11.4. The molecular formula is C8H11N4P. The van der Waals surface area contributed by atoms with Gasteiger partial charge in [-0.1, -0.05) is 13.8 Å². The maximum absolute atomic E-state index is 4.26. The fourth-order valence-electron chi connectivity index (χ4n) is 1.29. The summed E-state index contributed by atoms with van der Waals surface area (Å²) in [5.41, 5.74) is 2.77.